The molecule has 0 unspecified atom stereocenters. The molecule has 0 atom stereocenters. The summed E-state index contributed by atoms with van der Waals surface area (Å²) in [6.45, 7) is 4.04. The van der Waals surface area contributed by atoms with Crippen molar-refractivity contribution in [1.29, 1.82) is 0 Å². The first-order valence-electron chi connectivity index (χ1n) is 6.95. The number of anilines is 2. The molecule has 0 radical (unpaired) electrons. The van der Waals surface area contributed by atoms with Crippen molar-refractivity contribution in [3.8, 4) is 0 Å². The highest BCUT2D eigenvalue weighted by Gasteiger charge is 2.11. The highest BCUT2D eigenvalue weighted by molar-refractivity contribution is 9.10. The van der Waals surface area contributed by atoms with Gasteiger partial charge in [-0.15, -0.1) is 0 Å². The van der Waals surface area contributed by atoms with Gasteiger partial charge in [0.1, 0.15) is 10.4 Å². The number of hydrogen-bond donors (Lipinski definition) is 1. The molecule has 6 heteroatoms. The van der Waals surface area contributed by atoms with E-state index < -0.39 is 0 Å². The van der Waals surface area contributed by atoms with Gasteiger partial charge in [-0.2, -0.15) is 0 Å². The van der Waals surface area contributed by atoms with E-state index in [0.717, 1.165) is 48.1 Å². The SMILES string of the molecule is Brc1cccc(CNc2ccc(N3CCOCC3)nc2)n1. The highest BCUT2D eigenvalue weighted by Crippen LogP contribution is 2.16. The molecular formula is C15H17BrN4O. The Kier molecular flexibility index (Phi) is 4.67. The predicted molar refractivity (Wildman–Crippen MR) is 86.5 cm³/mol. The third-order valence-electron chi connectivity index (χ3n) is 3.33. The zero-order valence-electron chi connectivity index (χ0n) is 11.6. The molecule has 21 heavy (non-hydrogen) atoms. The number of pyridine rings is 2. The zero-order valence-corrected chi connectivity index (χ0v) is 13.2. The molecule has 1 saturated heterocycles. The van der Waals surface area contributed by atoms with Gasteiger partial charge >= 0.3 is 0 Å². The summed E-state index contributed by atoms with van der Waals surface area (Å²) in [6.07, 6.45) is 1.86. The molecule has 1 fully saturated rings. The van der Waals surface area contributed by atoms with Crippen molar-refractivity contribution in [2.24, 2.45) is 0 Å². The van der Waals surface area contributed by atoms with Gasteiger partial charge in [-0.3, -0.25) is 0 Å². The van der Waals surface area contributed by atoms with Crippen molar-refractivity contribution >= 4 is 27.4 Å². The summed E-state index contributed by atoms with van der Waals surface area (Å²) in [7, 11) is 0. The van der Waals surface area contributed by atoms with Crippen LogP contribution in [0.5, 0.6) is 0 Å². The summed E-state index contributed by atoms with van der Waals surface area (Å²) < 4.78 is 6.20. The van der Waals surface area contributed by atoms with Gasteiger partial charge in [0.15, 0.2) is 0 Å². The molecule has 0 aliphatic carbocycles. The van der Waals surface area contributed by atoms with Crippen LogP contribution < -0.4 is 10.2 Å². The summed E-state index contributed by atoms with van der Waals surface area (Å²) in [6, 6.07) is 9.99. The maximum Gasteiger partial charge on any atom is 0.128 e. The lowest BCUT2D eigenvalue weighted by atomic mass is 10.3. The van der Waals surface area contributed by atoms with Crippen LogP contribution in [-0.4, -0.2) is 36.3 Å². The molecule has 5 nitrogen and oxygen atoms in total. The van der Waals surface area contributed by atoms with Gasteiger partial charge in [-0.25, -0.2) is 9.97 Å². The largest absolute Gasteiger partial charge is 0.378 e. The van der Waals surface area contributed by atoms with E-state index in [1.54, 1.807) is 0 Å². The molecule has 1 N–H and O–H groups in total. The molecule has 3 heterocycles. The molecule has 2 aromatic rings. The molecular weight excluding hydrogens is 332 g/mol. The summed E-state index contributed by atoms with van der Waals surface area (Å²) in [4.78, 5) is 11.1. The van der Waals surface area contributed by atoms with E-state index in [1.807, 2.05) is 30.5 Å². The first-order chi connectivity index (χ1) is 10.3. The Morgan fingerprint density at radius 1 is 1.19 bits per heavy atom. The number of hydrogen-bond acceptors (Lipinski definition) is 5. The van der Waals surface area contributed by atoms with Crippen LogP contribution in [0.4, 0.5) is 11.5 Å². The van der Waals surface area contributed by atoms with Crippen LogP contribution in [-0.2, 0) is 11.3 Å². The number of ether oxygens (including phenoxy) is 1. The quantitative estimate of drug-likeness (QED) is 0.861. The van der Waals surface area contributed by atoms with Crippen LogP contribution in [0.1, 0.15) is 5.69 Å². The number of rotatable bonds is 4. The molecule has 1 aliphatic heterocycles. The normalized spacial score (nSPS) is 15.0. The first-order valence-corrected chi connectivity index (χ1v) is 7.74. The Labute approximate surface area is 132 Å². The van der Waals surface area contributed by atoms with Gasteiger partial charge in [-0.1, -0.05) is 6.07 Å². The lowest BCUT2D eigenvalue weighted by Crippen LogP contribution is -2.36. The first kappa shape index (κ1) is 14.3. The van der Waals surface area contributed by atoms with Crippen LogP contribution >= 0.6 is 15.9 Å². The molecule has 0 amide bonds. The van der Waals surface area contributed by atoms with E-state index in [9.17, 15) is 0 Å². The molecule has 0 bridgehead atoms. The van der Waals surface area contributed by atoms with Crippen molar-refractivity contribution in [3.05, 3.63) is 46.8 Å². The number of nitrogens with one attached hydrogen (secondary N) is 1. The average Bonchev–Trinajstić information content (AvgIpc) is 2.54. The van der Waals surface area contributed by atoms with Gasteiger partial charge in [-0.05, 0) is 40.2 Å². The highest BCUT2D eigenvalue weighted by atomic mass is 79.9. The summed E-state index contributed by atoms with van der Waals surface area (Å²) in [5.74, 6) is 1.00. The number of aromatic nitrogens is 2. The average molecular weight is 349 g/mol. The number of nitrogens with zero attached hydrogens (tertiary/aromatic N) is 3. The Morgan fingerprint density at radius 3 is 2.76 bits per heavy atom. The number of morpholine rings is 1. The third kappa shape index (κ3) is 3.92. The standard InChI is InChI=1S/C15H17BrN4O/c16-14-3-1-2-13(19-14)11-17-12-4-5-15(18-10-12)20-6-8-21-9-7-20/h1-5,10,17H,6-9,11H2. The Balaban J connectivity index is 1.59. The fourth-order valence-electron chi connectivity index (χ4n) is 2.21. The van der Waals surface area contributed by atoms with Crippen LogP contribution in [0.2, 0.25) is 0 Å². The molecule has 1 aliphatic rings. The van der Waals surface area contributed by atoms with Crippen LogP contribution in [0.15, 0.2) is 41.1 Å². The van der Waals surface area contributed by atoms with Crippen LogP contribution in [0.3, 0.4) is 0 Å². The van der Waals surface area contributed by atoms with E-state index in [0.29, 0.717) is 6.54 Å². The number of halogens is 1. The van der Waals surface area contributed by atoms with E-state index in [4.69, 9.17) is 4.74 Å². The summed E-state index contributed by atoms with van der Waals surface area (Å²) >= 11 is 3.37. The van der Waals surface area contributed by atoms with Crippen molar-refractivity contribution in [3.63, 3.8) is 0 Å². The maximum atomic E-state index is 5.35. The van der Waals surface area contributed by atoms with Gasteiger partial charge in [0.25, 0.3) is 0 Å². The summed E-state index contributed by atoms with van der Waals surface area (Å²) in [5.41, 5.74) is 1.98. The second-order valence-electron chi connectivity index (χ2n) is 4.81. The fraction of sp³-hybridized carbons (Fsp3) is 0.333. The molecule has 110 valence electrons. The second kappa shape index (κ2) is 6.87. The van der Waals surface area contributed by atoms with Crippen LogP contribution in [0, 0.1) is 0 Å². The molecule has 0 spiro atoms. The summed E-state index contributed by atoms with van der Waals surface area (Å²) in [5, 5.41) is 3.33. The Hall–Kier alpha value is -1.66. The lowest BCUT2D eigenvalue weighted by molar-refractivity contribution is 0.122. The van der Waals surface area contributed by atoms with E-state index >= 15 is 0 Å². The topological polar surface area (TPSA) is 50.3 Å². The van der Waals surface area contributed by atoms with Gasteiger partial charge < -0.3 is 15.0 Å². The second-order valence-corrected chi connectivity index (χ2v) is 5.62. The van der Waals surface area contributed by atoms with Crippen LogP contribution in [0.25, 0.3) is 0 Å². The minimum absolute atomic E-state index is 0.679. The zero-order chi connectivity index (χ0) is 14.5. The minimum atomic E-state index is 0.679. The molecule has 3 rings (SSSR count). The Bertz CT molecular complexity index is 584. The smallest absolute Gasteiger partial charge is 0.128 e. The predicted octanol–water partition coefficient (Wildman–Crippen LogP) is 2.69. The van der Waals surface area contributed by atoms with Crippen molar-refractivity contribution in [2.75, 3.05) is 36.5 Å². The fourth-order valence-corrected chi connectivity index (χ4v) is 2.59. The maximum absolute atomic E-state index is 5.35. The van der Waals surface area contributed by atoms with Gasteiger partial charge in [0, 0.05) is 13.1 Å². The third-order valence-corrected chi connectivity index (χ3v) is 3.77. The van der Waals surface area contributed by atoms with Crippen molar-refractivity contribution < 1.29 is 4.74 Å². The molecule has 2 aromatic heterocycles. The lowest BCUT2D eigenvalue weighted by Gasteiger charge is -2.27. The molecule has 0 saturated carbocycles. The van der Waals surface area contributed by atoms with E-state index in [2.05, 4.69) is 42.2 Å². The monoisotopic (exact) mass is 348 g/mol. The Morgan fingerprint density at radius 2 is 2.05 bits per heavy atom. The van der Waals surface area contributed by atoms with E-state index in [-0.39, 0.29) is 0 Å². The van der Waals surface area contributed by atoms with Crippen molar-refractivity contribution in [1.82, 2.24) is 9.97 Å². The van der Waals surface area contributed by atoms with E-state index in [1.165, 1.54) is 0 Å². The minimum Gasteiger partial charge on any atom is -0.378 e. The van der Waals surface area contributed by atoms with Gasteiger partial charge in [0.05, 0.1) is 37.3 Å². The van der Waals surface area contributed by atoms with Gasteiger partial charge in [0.2, 0.25) is 0 Å². The molecule has 0 aromatic carbocycles. The van der Waals surface area contributed by atoms with Crippen molar-refractivity contribution in [2.45, 2.75) is 6.54 Å².